The number of benzene rings is 2. The normalized spacial score (nSPS) is 12.0. The Balaban J connectivity index is 2.03. The van der Waals surface area contributed by atoms with Gasteiger partial charge in [-0.2, -0.15) is 0 Å². The van der Waals surface area contributed by atoms with Crippen molar-refractivity contribution in [3.05, 3.63) is 66.2 Å². The number of hydrazine groups is 1. The molecule has 138 valence electrons. The van der Waals surface area contributed by atoms with E-state index in [1.807, 2.05) is 60.7 Å². The van der Waals surface area contributed by atoms with Gasteiger partial charge in [-0.15, -0.1) is 0 Å². The molecule has 2 rings (SSSR count). The fraction of sp³-hybridized carbons (Fsp3) is 0.300. The number of ether oxygens (including phenoxy) is 1. The minimum Gasteiger partial charge on any atom is -0.444 e. The monoisotopic (exact) mass is 355 g/mol. The first-order valence-corrected chi connectivity index (χ1v) is 8.48. The first-order chi connectivity index (χ1) is 12.3. The summed E-state index contributed by atoms with van der Waals surface area (Å²) >= 11 is 0. The number of carbonyl (C=O) groups is 2. The zero-order valence-corrected chi connectivity index (χ0v) is 15.3. The molecule has 0 aliphatic rings. The Hall–Kier alpha value is -3.02. The number of para-hydroxylation sites is 1. The molecule has 0 fully saturated rings. The third kappa shape index (κ3) is 6.84. The first kappa shape index (κ1) is 19.3. The number of nitrogens with one attached hydrogen (secondary N) is 3. The van der Waals surface area contributed by atoms with Gasteiger partial charge < -0.3 is 10.1 Å². The number of hydrogen-bond acceptors (Lipinski definition) is 4. The largest absolute Gasteiger partial charge is 0.444 e. The highest BCUT2D eigenvalue weighted by Gasteiger charge is 2.24. The predicted octanol–water partition coefficient (Wildman–Crippen LogP) is 3.27. The van der Waals surface area contributed by atoms with Gasteiger partial charge in [-0.25, -0.2) is 4.79 Å². The van der Waals surface area contributed by atoms with Crippen LogP contribution in [0.2, 0.25) is 0 Å². The lowest BCUT2D eigenvalue weighted by atomic mass is 10.1. The fourth-order valence-corrected chi connectivity index (χ4v) is 2.25. The second-order valence-electron chi connectivity index (χ2n) is 6.87. The lowest BCUT2D eigenvalue weighted by Gasteiger charge is -2.23. The van der Waals surface area contributed by atoms with E-state index in [-0.39, 0.29) is 5.91 Å². The van der Waals surface area contributed by atoms with Crippen molar-refractivity contribution in [2.45, 2.75) is 38.8 Å². The van der Waals surface area contributed by atoms with E-state index in [0.717, 1.165) is 11.3 Å². The molecule has 6 nitrogen and oxygen atoms in total. The van der Waals surface area contributed by atoms with E-state index < -0.39 is 17.7 Å². The van der Waals surface area contributed by atoms with Crippen LogP contribution in [0.25, 0.3) is 0 Å². The van der Waals surface area contributed by atoms with Crippen LogP contribution in [0.3, 0.4) is 0 Å². The highest BCUT2D eigenvalue weighted by atomic mass is 16.6. The molecule has 0 aromatic heterocycles. The minimum absolute atomic E-state index is 0.350. The maximum Gasteiger partial charge on any atom is 0.408 e. The maximum atomic E-state index is 12.6. The molecule has 2 aromatic rings. The quantitative estimate of drug-likeness (QED) is 0.695. The van der Waals surface area contributed by atoms with Gasteiger partial charge in [0.25, 0.3) is 5.91 Å². The Morgan fingerprint density at radius 2 is 1.54 bits per heavy atom. The van der Waals surface area contributed by atoms with E-state index in [0.29, 0.717) is 6.42 Å². The third-order valence-corrected chi connectivity index (χ3v) is 3.39. The number of anilines is 1. The van der Waals surface area contributed by atoms with Gasteiger partial charge in [0.1, 0.15) is 11.6 Å². The number of hydrogen-bond donors (Lipinski definition) is 3. The summed E-state index contributed by atoms with van der Waals surface area (Å²) in [6.07, 6.45) is -0.282. The average molecular weight is 355 g/mol. The van der Waals surface area contributed by atoms with Gasteiger partial charge in [0, 0.05) is 6.42 Å². The van der Waals surface area contributed by atoms with Crippen molar-refractivity contribution >= 4 is 17.7 Å². The van der Waals surface area contributed by atoms with Crippen molar-refractivity contribution < 1.29 is 14.3 Å². The smallest absolute Gasteiger partial charge is 0.408 e. The molecule has 0 aliphatic carbocycles. The molecule has 0 radical (unpaired) electrons. The third-order valence-electron chi connectivity index (χ3n) is 3.39. The molecule has 1 unspecified atom stereocenters. The first-order valence-electron chi connectivity index (χ1n) is 8.48. The van der Waals surface area contributed by atoms with Crippen LogP contribution in [0.5, 0.6) is 0 Å². The molecule has 0 heterocycles. The molecule has 0 saturated carbocycles. The molecule has 0 aliphatic heterocycles. The van der Waals surface area contributed by atoms with Gasteiger partial charge >= 0.3 is 6.09 Å². The van der Waals surface area contributed by atoms with Gasteiger partial charge in [0.05, 0.1) is 5.69 Å². The highest BCUT2D eigenvalue weighted by Crippen LogP contribution is 2.09. The summed E-state index contributed by atoms with van der Waals surface area (Å²) in [6.45, 7) is 5.32. The molecule has 6 heteroatoms. The Kier molecular flexibility index (Phi) is 6.60. The minimum atomic E-state index is -0.775. The molecule has 2 aromatic carbocycles. The zero-order valence-electron chi connectivity index (χ0n) is 15.3. The number of rotatable bonds is 6. The summed E-state index contributed by atoms with van der Waals surface area (Å²) in [6, 6.07) is 18.0. The van der Waals surface area contributed by atoms with Crippen LogP contribution in [-0.4, -0.2) is 23.6 Å². The van der Waals surface area contributed by atoms with Gasteiger partial charge in [-0.1, -0.05) is 48.5 Å². The maximum absolute atomic E-state index is 12.6. The summed E-state index contributed by atoms with van der Waals surface area (Å²) < 4.78 is 5.27. The van der Waals surface area contributed by atoms with Crippen molar-refractivity contribution in [3.8, 4) is 0 Å². The van der Waals surface area contributed by atoms with Crippen LogP contribution in [0.4, 0.5) is 10.5 Å². The Morgan fingerprint density at radius 3 is 2.12 bits per heavy atom. The summed E-state index contributed by atoms with van der Waals surface area (Å²) in [4.78, 5) is 24.7. The number of amides is 2. The lowest BCUT2D eigenvalue weighted by molar-refractivity contribution is -0.122. The molecular weight excluding hydrogens is 330 g/mol. The number of carbonyl (C=O) groups excluding carboxylic acids is 2. The van der Waals surface area contributed by atoms with E-state index in [4.69, 9.17) is 4.74 Å². The SMILES string of the molecule is CC(C)(C)OC(=O)NC(Cc1ccccc1)C(=O)NNc1ccccc1. The van der Waals surface area contributed by atoms with Crippen LogP contribution in [0, 0.1) is 0 Å². The van der Waals surface area contributed by atoms with Gasteiger partial charge in [-0.3, -0.25) is 15.6 Å². The van der Waals surface area contributed by atoms with Crippen molar-refractivity contribution in [3.63, 3.8) is 0 Å². The van der Waals surface area contributed by atoms with Crippen LogP contribution in [0.15, 0.2) is 60.7 Å². The van der Waals surface area contributed by atoms with Gasteiger partial charge in [0.15, 0.2) is 0 Å². The standard InChI is InChI=1S/C20H25N3O3/c1-20(2,3)26-19(25)21-17(14-15-10-6-4-7-11-15)18(24)23-22-16-12-8-5-9-13-16/h4-13,17,22H,14H2,1-3H3,(H,21,25)(H,23,24). The molecule has 2 amide bonds. The summed E-state index contributed by atoms with van der Waals surface area (Å²) in [5, 5.41) is 2.64. The van der Waals surface area contributed by atoms with Crippen LogP contribution < -0.4 is 16.2 Å². The Morgan fingerprint density at radius 1 is 0.962 bits per heavy atom. The van der Waals surface area contributed by atoms with Gasteiger partial charge in [-0.05, 0) is 38.5 Å². The van der Waals surface area contributed by atoms with E-state index in [1.165, 1.54) is 0 Å². The van der Waals surface area contributed by atoms with E-state index in [1.54, 1.807) is 20.8 Å². The lowest BCUT2D eigenvalue weighted by Crippen LogP contribution is -2.50. The molecule has 0 spiro atoms. The Labute approximate surface area is 153 Å². The van der Waals surface area contributed by atoms with Gasteiger partial charge in [0.2, 0.25) is 0 Å². The topological polar surface area (TPSA) is 79.5 Å². The fourth-order valence-electron chi connectivity index (χ4n) is 2.25. The van der Waals surface area contributed by atoms with Crippen molar-refractivity contribution in [1.82, 2.24) is 10.7 Å². The number of alkyl carbamates (subject to hydrolysis) is 1. The second kappa shape index (κ2) is 8.89. The molecule has 0 saturated heterocycles. The van der Waals surface area contributed by atoms with E-state index in [9.17, 15) is 9.59 Å². The van der Waals surface area contributed by atoms with Crippen molar-refractivity contribution in [2.24, 2.45) is 0 Å². The summed E-state index contributed by atoms with van der Waals surface area (Å²) in [5.41, 5.74) is 6.51. The van der Waals surface area contributed by atoms with E-state index in [2.05, 4.69) is 16.2 Å². The van der Waals surface area contributed by atoms with Crippen molar-refractivity contribution in [1.29, 1.82) is 0 Å². The average Bonchev–Trinajstić information content (AvgIpc) is 2.59. The van der Waals surface area contributed by atoms with Crippen LogP contribution in [0.1, 0.15) is 26.3 Å². The summed E-state index contributed by atoms with van der Waals surface area (Å²) in [7, 11) is 0. The zero-order chi connectivity index (χ0) is 19.0. The molecule has 0 bridgehead atoms. The molecule has 1 atom stereocenters. The van der Waals surface area contributed by atoms with Crippen molar-refractivity contribution in [2.75, 3.05) is 5.43 Å². The molecular formula is C20H25N3O3. The van der Waals surface area contributed by atoms with Crippen LogP contribution in [-0.2, 0) is 16.0 Å². The molecule has 3 N–H and O–H groups in total. The summed E-state index contributed by atoms with van der Waals surface area (Å²) in [5.74, 6) is -0.358. The van der Waals surface area contributed by atoms with Crippen LogP contribution >= 0.6 is 0 Å². The Bertz CT molecular complexity index is 712. The molecule has 26 heavy (non-hydrogen) atoms. The second-order valence-corrected chi connectivity index (χ2v) is 6.87. The predicted molar refractivity (Wildman–Crippen MR) is 102 cm³/mol. The highest BCUT2D eigenvalue weighted by molar-refractivity contribution is 5.86. The van der Waals surface area contributed by atoms with E-state index >= 15 is 0 Å².